The van der Waals surface area contributed by atoms with E-state index in [4.69, 9.17) is 17.2 Å². The van der Waals surface area contributed by atoms with Gasteiger partial charge in [0.05, 0.1) is 11.5 Å². The van der Waals surface area contributed by atoms with Crippen LogP contribution in [0.3, 0.4) is 0 Å². The monoisotopic (exact) mass is 501 g/mol. The summed E-state index contributed by atoms with van der Waals surface area (Å²) in [5.41, 5.74) is 5.50. The molecule has 2 aromatic carbocycles. The zero-order chi connectivity index (χ0) is 25.7. The first-order chi connectivity index (χ1) is 17.4. The maximum atomic E-state index is 13.6. The predicted molar refractivity (Wildman–Crippen MR) is 146 cm³/mol. The second-order valence-corrected chi connectivity index (χ2v) is 9.54. The topological polar surface area (TPSA) is 92.6 Å². The summed E-state index contributed by atoms with van der Waals surface area (Å²) in [7, 11) is 3.80. The zero-order valence-corrected chi connectivity index (χ0v) is 22.0. The molecule has 0 aliphatic heterocycles. The van der Waals surface area contributed by atoms with Crippen LogP contribution in [0, 0.1) is 6.92 Å². The lowest BCUT2D eigenvalue weighted by Crippen LogP contribution is -2.33. The molecule has 0 bridgehead atoms. The highest BCUT2D eigenvalue weighted by atomic mass is 32.1. The van der Waals surface area contributed by atoms with E-state index in [1.165, 1.54) is 0 Å². The van der Waals surface area contributed by atoms with Gasteiger partial charge in [-0.05, 0) is 41.3 Å². The number of tetrazole rings is 1. The van der Waals surface area contributed by atoms with E-state index < -0.39 is 0 Å². The van der Waals surface area contributed by atoms with Crippen molar-refractivity contribution < 1.29 is 0 Å². The standard InChI is InChI=1S/C27H31N7OS/c1-5-6-10-24-28-18(2)23(16-25(36)33(3)4)27(35)34(24)17-19-11-13-20(14-12-19)21-8-7-9-22(15-21)26-29-31-32-30-26/h7-9,11-15H,5-6,10,16-17H2,1-4H3,(H,29,30,31,32). The minimum atomic E-state index is -0.00491. The molecular weight excluding hydrogens is 470 g/mol. The Morgan fingerprint density at radius 3 is 2.50 bits per heavy atom. The SMILES string of the molecule is CCCCc1nc(C)c(CC(=S)N(C)C)c(=O)n1Cc1ccc(-c2cccc(-c3nn[nH]n3)c2)cc1. The molecule has 2 heterocycles. The molecule has 2 aromatic heterocycles. The highest BCUT2D eigenvalue weighted by molar-refractivity contribution is 7.80. The average Bonchev–Trinajstić information content (AvgIpc) is 3.43. The van der Waals surface area contributed by atoms with E-state index in [0.29, 0.717) is 24.4 Å². The van der Waals surface area contributed by atoms with Crippen molar-refractivity contribution in [1.82, 2.24) is 35.1 Å². The van der Waals surface area contributed by atoms with E-state index in [2.05, 4.69) is 57.9 Å². The predicted octanol–water partition coefficient (Wildman–Crippen LogP) is 4.22. The summed E-state index contributed by atoms with van der Waals surface area (Å²) in [6.07, 6.45) is 3.21. The molecule has 9 heteroatoms. The van der Waals surface area contributed by atoms with Gasteiger partial charge in [-0.1, -0.05) is 68.0 Å². The fraction of sp³-hybridized carbons (Fsp3) is 0.333. The van der Waals surface area contributed by atoms with Crippen LogP contribution in [0.15, 0.2) is 53.3 Å². The molecule has 0 aliphatic rings. The van der Waals surface area contributed by atoms with Gasteiger partial charge in [0, 0.05) is 43.8 Å². The first kappa shape index (κ1) is 25.4. The number of thiocarbonyl (C=S) groups is 1. The third kappa shape index (κ3) is 5.73. The molecule has 4 aromatic rings. The van der Waals surface area contributed by atoms with Gasteiger partial charge in [0.1, 0.15) is 5.82 Å². The minimum Gasteiger partial charge on any atom is -0.372 e. The lowest BCUT2D eigenvalue weighted by molar-refractivity contribution is 0.610. The van der Waals surface area contributed by atoms with Gasteiger partial charge in [-0.2, -0.15) is 5.21 Å². The summed E-state index contributed by atoms with van der Waals surface area (Å²) in [5.74, 6) is 1.39. The van der Waals surface area contributed by atoms with Gasteiger partial charge in [-0.3, -0.25) is 9.36 Å². The van der Waals surface area contributed by atoms with Crippen molar-refractivity contribution in [2.75, 3.05) is 14.1 Å². The summed E-state index contributed by atoms with van der Waals surface area (Å²) in [4.78, 5) is 21.0. The molecule has 0 saturated heterocycles. The van der Waals surface area contributed by atoms with E-state index in [0.717, 1.165) is 58.0 Å². The number of aryl methyl sites for hydroxylation is 2. The van der Waals surface area contributed by atoms with Crippen molar-refractivity contribution in [2.24, 2.45) is 0 Å². The van der Waals surface area contributed by atoms with Crippen molar-refractivity contribution in [3.8, 4) is 22.5 Å². The van der Waals surface area contributed by atoms with Gasteiger partial charge in [-0.25, -0.2) is 4.98 Å². The second kappa shape index (κ2) is 11.3. The van der Waals surface area contributed by atoms with Crippen LogP contribution in [0.2, 0.25) is 0 Å². The van der Waals surface area contributed by atoms with Gasteiger partial charge in [0.25, 0.3) is 5.56 Å². The molecule has 0 fully saturated rings. The van der Waals surface area contributed by atoms with Crippen molar-refractivity contribution in [3.63, 3.8) is 0 Å². The molecule has 0 radical (unpaired) electrons. The Morgan fingerprint density at radius 2 is 1.83 bits per heavy atom. The van der Waals surface area contributed by atoms with E-state index in [1.807, 2.05) is 48.7 Å². The number of aromatic amines is 1. The number of nitrogens with zero attached hydrogens (tertiary/aromatic N) is 6. The number of aromatic nitrogens is 6. The first-order valence-electron chi connectivity index (χ1n) is 12.1. The van der Waals surface area contributed by atoms with Gasteiger partial charge in [0.2, 0.25) is 5.82 Å². The van der Waals surface area contributed by atoms with E-state index in [9.17, 15) is 4.79 Å². The maximum absolute atomic E-state index is 13.6. The molecule has 0 atom stereocenters. The van der Waals surface area contributed by atoms with Crippen LogP contribution < -0.4 is 5.56 Å². The minimum absolute atomic E-state index is 0.00491. The Balaban J connectivity index is 1.64. The summed E-state index contributed by atoms with van der Waals surface area (Å²) in [6.45, 7) is 4.52. The number of hydrogen-bond acceptors (Lipinski definition) is 6. The highest BCUT2D eigenvalue weighted by Gasteiger charge is 2.17. The van der Waals surface area contributed by atoms with Crippen LogP contribution in [0.1, 0.15) is 42.4 Å². The lowest BCUT2D eigenvalue weighted by atomic mass is 10.0. The van der Waals surface area contributed by atoms with Crippen LogP contribution >= 0.6 is 12.2 Å². The summed E-state index contributed by atoms with van der Waals surface area (Å²) in [5, 5.41) is 14.3. The number of nitrogens with one attached hydrogen (secondary N) is 1. The van der Waals surface area contributed by atoms with Crippen LogP contribution in [-0.4, -0.2) is 54.2 Å². The quantitative estimate of drug-likeness (QED) is 0.343. The Morgan fingerprint density at radius 1 is 1.08 bits per heavy atom. The van der Waals surface area contributed by atoms with Crippen molar-refractivity contribution in [1.29, 1.82) is 0 Å². The number of hydrogen-bond donors (Lipinski definition) is 1. The average molecular weight is 502 g/mol. The van der Waals surface area contributed by atoms with Gasteiger partial charge < -0.3 is 4.90 Å². The molecule has 0 spiro atoms. The third-order valence-corrected chi connectivity index (χ3v) is 6.73. The molecule has 4 rings (SSSR count). The number of rotatable bonds is 9. The largest absolute Gasteiger partial charge is 0.372 e. The maximum Gasteiger partial charge on any atom is 0.257 e. The fourth-order valence-corrected chi connectivity index (χ4v) is 4.21. The van der Waals surface area contributed by atoms with Crippen molar-refractivity contribution >= 4 is 17.2 Å². The zero-order valence-electron chi connectivity index (χ0n) is 21.2. The Kier molecular flexibility index (Phi) is 8.00. The molecule has 36 heavy (non-hydrogen) atoms. The molecule has 1 N–H and O–H groups in total. The number of likely N-dealkylation sites (N-methyl/N-ethyl adjacent to an activating group) is 1. The van der Waals surface area contributed by atoms with Crippen LogP contribution in [0.25, 0.3) is 22.5 Å². The normalized spacial score (nSPS) is 11.0. The first-order valence-corrected chi connectivity index (χ1v) is 12.5. The Bertz CT molecular complexity index is 1390. The molecule has 8 nitrogen and oxygen atoms in total. The third-order valence-electron chi connectivity index (χ3n) is 6.22. The molecule has 0 aliphatic carbocycles. The molecule has 0 saturated carbocycles. The van der Waals surface area contributed by atoms with Gasteiger partial charge >= 0.3 is 0 Å². The smallest absolute Gasteiger partial charge is 0.257 e. The van der Waals surface area contributed by atoms with E-state index >= 15 is 0 Å². The summed E-state index contributed by atoms with van der Waals surface area (Å²) < 4.78 is 1.82. The second-order valence-electron chi connectivity index (χ2n) is 9.06. The van der Waals surface area contributed by atoms with Gasteiger partial charge in [0.15, 0.2) is 0 Å². The Labute approximate surface area is 216 Å². The highest BCUT2D eigenvalue weighted by Crippen LogP contribution is 2.24. The van der Waals surface area contributed by atoms with Crippen molar-refractivity contribution in [2.45, 2.75) is 46.1 Å². The molecule has 0 amide bonds. The molecule has 186 valence electrons. The van der Waals surface area contributed by atoms with E-state index in [-0.39, 0.29) is 5.56 Å². The van der Waals surface area contributed by atoms with Crippen molar-refractivity contribution in [3.05, 3.63) is 81.5 Å². The molecule has 0 unspecified atom stereocenters. The Hall–Kier alpha value is -3.72. The van der Waals surface area contributed by atoms with E-state index in [1.54, 1.807) is 0 Å². The number of benzene rings is 2. The summed E-state index contributed by atoms with van der Waals surface area (Å²) >= 11 is 5.49. The molecular formula is C27H31N7OS. The van der Waals surface area contributed by atoms with Gasteiger partial charge in [-0.15, -0.1) is 10.2 Å². The fourth-order valence-electron chi connectivity index (χ4n) is 4.07. The van der Waals surface area contributed by atoms with Crippen LogP contribution in [0.5, 0.6) is 0 Å². The number of H-pyrrole nitrogens is 1. The van der Waals surface area contributed by atoms with Crippen LogP contribution in [0.4, 0.5) is 0 Å². The lowest BCUT2D eigenvalue weighted by Gasteiger charge is -2.18. The number of unbranched alkanes of at least 4 members (excludes halogenated alkanes) is 1. The summed E-state index contributed by atoms with van der Waals surface area (Å²) in [6, 6.07) is 16.3. The van der Waals surface area contributed by atoms with Crippen LogP contribution in [-0.2, 0) is 19.4 Å².